The summed E-state index contributed by atoms with van der Waals surface area (Å²) in [6, 6.07) is 0. The quantitative estimate of drug-likeness (QED) is 0.446. The second-order valence-corrected chi connectivity index (χ2v) is 4.49. The summed E-state index contributed by atoms with van der Waals surface area (Å²) in [5.74, 6) is 0.494. The van der Waals surface area contributed by atoms with E-state index in [0.29, 0.717) is 5.78 Å². The first-order valence-electron chi connectivity index (χ1n) is 6.58. The van der Waals surface area contributed by atoms with Crippen molar-refractivity contribution in [3.05, 3.63) is 12.2 Å². The van der Waals surface area contributed by atoms with Crippen LogP contribution in [0.5, 0.6) is 0 Å². The largest absolute Gasteiger partial charge is 0.300 e. The van der Waals surface area contributed by atoms with Gasteiger partial charge in [-0.2, -0.15) is 0 Å². The molecule has 0 atom stereocenters. The van der Waals surface area contributed by atoms with Gasteiger partial charge >= 0.3 is 0 Å². The third-order valence-corrected chi connectivity index (χ3v) is 2.14. The molecule has 0 aliphatic rings. The van der Waals surface area contributed by atoms with Gasteiger partial charge < -0.3 is 9.59 Å². The van der Waals surface area contributed by atoms with E-state index in [2.05, 4.69) is 19.1 Å². The van der Waals surface area contributed by atoms with E-state index in [0.717, 1.165) is 12.8 Å². The summed E-state index contributed by atoms with van der Waals surface area (Å²) in [6.07, 6.45) is 12.5. The zero-order chi connectivity index (χ0) is 13.5. The zero-order valence-electron chi connectivity index (χ0n) is 11.9. The van der Waals surface area contributed by atoms with Gasteiger partial charge in [0.25, 0.3) is 0 Å². The van der Waals surface area contributed by atoms with Crippen LogP contribution in [0, 0.1) is 0 Å². The average Bonchev–Trinajstić information content (AvgIpc) is 2.21. The molecular formula is C16H32O2. The molecule has 0 N–H and O–H groups in total. The lowest BCUT2D eigenvalue weighted by molar-refractivity contribution is -0.117. The lowest BCUT2D eigenvalue weighted by atomic mass is 10.1. The minimum Gasteiger partial charge on any atom is -0.300 e. The summed E-state index contributed by atoms with van der Waals surface area (Å²) >= 11 is 0. The smallest absolute Gasteiger partial charge is 0.129 e. The molecule has 0 spiro atoms. The van der Waals surface area contributed by atoms with Crippen LogP contribution in [-0.4, -0.2) is 11.6 Å². The molecule has 0 saturated carbocycles. The number of allylic oxidation sites excluding steroid dienone is 2. The van der Waals surface area contributed by atoms with Crippen molar-refractivity contribution in [1.82, 2.24) is 0 Å². The number of Topliss-reactive ketones (excluding diaryl/α,β-unsaturated/α-hetero) is 2. The maximum absolute atomic E-state index is 10.6. The lowest BCUT2D eigenvalue weighted by Crippen LogP contribution is -1.89. The van der Waals surface area contributed by atoms with Gasteiger partial charge in [-0.15, -0.1) is 0 Å². The molecule has 108 valence electrons. The summed E-state index contributed by atoms with van der Waals surface area (Å²) < 4.78 is 0. The van der Waals surface area contributed by atoms with E-state index in [9.17, 15) is 9.59 Å². The molecule has 18 heavy (non-hydrogen) atoms. The Kier molecular flexibility index (Phi) is 22.8. The number of hydrogen-bond donors (Lipinski definition) is 0. The molecule has 2 nitrogen and oxygen atoms in total. The highest BCUT2D eigenvalue weighted by Gasteiger charge is 1.93. The van der Waals surface area contributed by atoms with Crippen molar-refractivity contribution >= 4 is 11.6 Å². The van der Waals surface area contributed by atoms with Gasteiger partial charge in [0.2, 0.25) is 0 Å². The Morgan fingerprint density at radius 3 is 1.78 bits per heavy atom. The Labute approximate surface area is 114 Å². The van der Waals surface area contributed by atoms with E-state index in [1.54, 1.807) is 6.92 Å². The molecule has 0 amide bonds. The minimum absolute atomic E-state index is 0. The first-order valence-corrected chi connectivity index (χ1v) is 6.58. The van der Waals surface area contributed by atoms with Crippen molar-refractivity contribution < 1.29 is 9.59 Å². The molecule has 0 aromatic heterocycles. The highest BCUT2D eigenvalue weighted by Crippen LogP contribution is 2.07. The summed E-state index contributed by atoms with van der Waals surface area (Å²) in [4.78, 5) is 20.1. The van der Waals surface area contributed by atoms with E-state index in [1.165, 1.54) is 46.0 Å². The van der Waals surface area contributed by atoms with Crippen LogP contribution < -0.4 is 0 Å². The van der Waals surface area contributed by atoms with Crippen molar-refractivity contribution in [2.24, 2.45) is 0 Å². The van der Waals surface area contributed by atoms with Gasteiger partial charge in [-0.1, -0.05) is 38.8 Å². The fourth-order valence-corrected chi connectivity index (χ4v) is 1.33. The zero-order valence-corrected chi connectivity index (χ0v) is 11.9. The van der Waals surface area contributed by atoms with Gasteiger partial charge in [-0.25, -0.2) is 0 Å². The number of ketones is 2. The molecule has 2 heteroatoms. The fraction of sp³-hybridized carbons (Fsp3) is 0.750. The van der Waals surface area contributed by atoms with Gasteiger partial charge in [-0.3, -0.25) is 0 Å². The maximum atomic E-state index is 10.6. The van der Waals surface area contributed by atoms with E-state index in [-0.39, 0.29) is 13.2 Å². The molecule has 0 radical (unpaired) electrons. The van der Waals surface area contributed by atoms with Crippen LogP contribution in [0.25, 0.3) is 0 Å². The van der Waals surface area contributed by atoms with Crippen LogP contribution >= 0.6 is 0 Å². The number of hydrogen-bond acceptors (Lipinski definition) is 2. The first kappa shape index (κ1) is 22.3. The molecule has 0 saturated heterocycles. The van der Waals surface area contributed by atoms with Crippen molar-refractivity contribution in [1.29, 1.82) is 0 Å². The number of unbranched alkanes of at least 4 members (excludes halogenated alkanes) is 5. The van der Waals surface area contributed by atoms with Gasteiger partial charge in [0.1, 0.15) is 11.6 Å². The van der Waals surface area contributed by atoms with E-state index in [4.69, 9.17) is 0 Å². The number of carbonyl (C=O) groups is 2. The van der Waals surface area contributed by atoms with Crippen LogP contribution in [-0.2, 0) is 9.59 Å². The summed E-state index contributed by atoms with van der Waals surface area (Å²) in [6.45, 7) is 6.79. The molecule has 0 aromatic rings. The molecule has 0 aromatic carbocycles. The molecule has 0 aliphatic carbocycles. The third kappa shape index (κ3) is 36.3. The highest BCUT2D eigenvalue weighted by atomic mass is 16.1. The van der Waals surface area contributed by atoms with Gasteiger partial charge in [0.15, 0.2) is 0 Å². The van der Waals surface area contributed by atoms with Crippen LogP contribution in [0.3, 0.4) is 0 Å². The van der Waals surface area contributed by atoms with E-state index < -0.39 is 0 Å². The standard InChI is InChI=1S/C12H22O.C3H6O.CH4/c1-3-4-5-6-7-8-9-10-11-12(2)13;1-3(2)4;/h3-4H,5-11H2,1-2H3;1-2H3;1H4. The minimum atomic E-state index is 0. The van der Waals surface area contributed by atoms with E-state index >= 15 is 0 Å². The van der Waals surface area contributed by atoms with Crippen LogP contribution in [0.15, 0.2) is 12.2 Å². The second kappa shape index (κ2) is 18.4. The molecular weight excluding hydrogens is 224 g/mol. The van der Waals surface area contributed by atoms with Crippen LogP contribution in [0.1, 0.15) is 80.1 Å². The topological polar surface area (TPSA) is 34.1 Å². The monoisotopic (exact) mass is 256 g/mol. The van der Waals surface area contributed by atoms with Gasteiger partial charge in [0, 0.05) is 6.42 Å². The molecule has 0 bridgehead atoms. The lowest BCUT2D eigenvalue weighted by Gasteiger charge is -1.98. The number of carbonyl (C=O) groups excluding carboxylic acids is 2. The molecule has 0 heterocycles. The highest BCUT2D eigenvalue weighted by molar-refractivity contribution is 5.75. The maximum Gasteiger partial charge on any atom is 0.129 e. The van der Waals surface area contributed by atoms with Crippen molar-refractivity contribution in [2.45, 2.75) is 80.1 Å². The first-order chi connectivity index (χ1) is 8.00. The number of rotatable bonds is 8. The fourth-order valence-electron chi connectivity index (χ4n) is 1.33. The Bertz CT molecular complexity index is 213. The Balaban J connectivity index is -0.000000392. The average molecular weight is 256 g/mol. The third-order valence-electron chi connectivity index (χ3n) is 2.14. The van der Waals surface area contributed by atoms with Crippen LogP contribution in [0.2, 0.25) is 0 Å². The normalized spacial score (nSPS) is 9.33. The molecule has 0 rings (SSSR count). The summed E-state index contributed by atoms with van der Waals surface area (Å²) in [5.41, 5.74) is 0. The Morgan fingerprint density at radius 1 is 0.889 bits per heavy atom. The molecule has 0 aliphatic heterocycles. The van der Waals surface area contributed by atoms with Gasteiger partial charge in [0.05, 0.1) is 0 Å². The molecule has 0 unspecified atom stereocenters. The SMILES string of the molecule is C.CC(C)=O.CC=CCCCCCCCC(C)=O. The summed E-state index contributed by atoms with van der Waals surface area (Å²) in [5, 5.41) is 0. The van der Waals surface area contributed by atoms with Crippen molar-refractivity contribution in [3.63, 3.8) is 0 Å². The predicted octanol–water partition coefficient (Wildman–Crippen LogP) is 5.11. The second-order valence-electron chi connectivity index (χ2n) is 4.49. The van der Waals surface area contributed by atoms with Crippen molar-refractivity contribution in [2.75, 3.05) is 0 Å². The Morgan fingerprint density at radius 2 is 1.33 bits per heavy atom. The molecule has 0 fully saturated rings. The Hall–Kier alpha value is -0.920. The van der Waals surface area contributed by atoms with Gasteiger partial charge in [-0.05, 0) is 47.0 Å². The van der Waals surface area contributed by atoms with Crippen LogP contribution in [0.4, 0.5) is 0 Å². The van der Waals surface area contributed by atoms with Crippen molar-refractivity contribution in [3.8, 4) is 0 Å². The predicted molar refractivity (Wildman–Crippen MR) is 80.9 cm³/mol. The van der Waals surface area contributed by atoms with E-state index in [1.807, 2.05) is 0 Å². The summed E-state index contributed by atoms with van der Waals surface area (Å²) in [7, 11) is 0.